The highest BCUT2D eigenvalue weighted by atomic mass is 79.9. The van der Waals surface area contributed by atoms with Gasteiger partial charge in [-0.25, -0.2) is 0 Å². The number of hydrogen-bond acceptors (Lipinski definition) is 5. The lowest BCUT2D eigenvalue weighted by atomic mass is 10.1. The van der Waals surface area contributed by atoms with Crippen LogP contribution in [0.5, 0.6) is 5.75 Å². The van der Waals surface area contributed by atoms with Crippen molar-refractivity contribution in [3.8, 4) is 28.6 Å². The van der Waals surface area contributed by atoms with E-state index in [1.54, 1.807) is 25.3 Å². The van der Waals surface area contributed by atoms with E-state index in [1.807, 2.05) is 24.3 Å². The predicted molar refractivity (Wildman–Crippen MR) is 83.8 cm³/mol. The first kappa shape index (κ1) is 13.6. The smallest absolute Gasteiger partial charge is 0.262 e. The summed E-state index contributed by atoms with van der Waals surface area (Å²) in [5.74, 6) is 1.49. The molecule has 0 unspecified atom stereocenters. The predicted octanol–water partition coefficient (Wildman–Crippen LogP) is 3.76. The number of nitrogens with zero attached hydrogens (tertiary/aromatic N) is 2. The summed E-state index contributed by atoms with van der Waals surface area (Å²) < 4.78 is 11.5. The molecule has 106 valence electrons. The topological polar surface area (TPSA) is 74.2 Å². The van der Waals surface area contributed by atoms with Crippen molar-refractivity contribution < 1.29 is 9.26 Å². The second-order valence-electron chi connectivity index (χ2n) is 4.36. The molecule has 0 aliphatic rings. The van der Waals surface area contributed by atoms with Crippen LogP contribution in [0.3, 0.4) is 0 Å². The minimum Gasteiger partial charge on any atom is -0.496 e. The zero-order valence-electron chi connectivity index (χ0n) is 11.2. The zero-order chi connectivity index (χ0) is 14.8. The highest BCUT2D eigenvalue weighted by Gasteiger charge is 2.16. The summed E-state index contributed by atoms with van der Waals surface area (Å²) in [5.41, 5.74) is 7.93. The molecule has 6 heteroatoms. The first-order valence-corrected chi connectivity index (χ1v) is 7.01. The van der Waals surface area contributed by atoms with Gasteiger partial charge in [0.25, 0.3) is 5.89 Å². The lowest BCUT2D eigenvalue weighted by Crippen LogP contribution is -1.91. The van der Waals surface area contributed by atoms with Crippen molar-refractivity contribution in [3.63, 3.8) is 0 Å². The molecule has 2 N–H and O–H groups in total. The highest BCUT2D eigenvalue weighted by Crippen LogP contribution is 2.33. The maximum Gasteiger partial charge on any atom is 0.262 e. The molecule has 21 heavy (non-hydrogen) atoms. The normalized spacial score (nSPS) is 10.6. The van der Waals surface area contributed by atoms with Gasteiger partial charge in [-0.15, -0.1) is 0 Å². The van der Waals surface area contributed by atoms with Gasteiger partial charge >= 0.3 is 0 Å². The molecule has 0 spiro atoms. The van der Waals surface area contributed by atoms with Gasteiger partial charge in [0.1, 0.15) is 5.75 Å². The van der Waals surface area contributed by atoms with Gasteiger partial charge in [-0.1, -0.05) is 33.2 Å². The van der Waals surface area contributed by atoms with Gasteiger partial charge < -0.3 is 15.0 Å². The van der Waals surface area contributed by atoms with Crippen LogP contribution in [-0.4, -0.2) is 17.3 Å². The number of aromatic nitrogens is 2. The van der Waals surface area contributed by atoms with Gasteiger partial charge in [0.05, 0.1) is 12.7 Å². The Morgan fingerprint density at radius 3 is 2.71 bits per heavy atom. The van der Waals surface area contributed by atoms with E-state index < -0.39 is 0 Å². The summed E-state index contributed by atoms with van der Waals surface area (Å²) in [7, 11) is 1.57. The van der Waals surface area contributed by atoms with E-state index in [-0.39, 0.29) is 0 Å². The third-order valence-electron chi connectivity index (χ3n) is 3.00. The van der Waals surface area contributed by atoms with Crippen molar-refractivity contribution in [1.82, 2.24) is 10.1 Å². The van der Waals surface area contributed by atoms with Crippen LogP contribution >= 0.6 is 15.9 Å². The van der Waals surface area contributed by atoms with Crippen molar-refractivity contribution in [1.29, 1.82) is 0 Å². The average Bonchev–Trinajstić information content (AvgIpc) is 2.97. The lowest BCUT2D eigenvalue weighted by Gasteiger charge is -2.05. The quantitative estimate of drug-likeness (QED) is 0.731. The Morgan fingerprint density at radius 2 is 1.95 bits per heavy atom. The Morgan fingerprint density at radius 1 is 1.14 bits per heavy atom. The fourth-order valence-corrected chi connectivity index (χ4v) is 2.43. The van der Waals surface area contributed by atoms with Gasteiger partial charge in [0, 0.05) is 21.8 Å². The summed E-state index contributed by atoms with van der Waals surface area (Å²) in [6, 6.07) is 13.0. The van der Waals surface area contributed by atoms with E-state index in [4.69, 9.17) is 15.0 Å². The molecule has 0 amide bonds. The Kier molecular flexibility index (Phi) is 3.62. The summed E-state index contributed by atoms with van der Waals surface area (Å²) in [4.78, 5) is 4.42. The van der Waals surface area contributed by atoms with Gasteiger partial charge in [0.2, 0.25) is 5.82 Å². The largest absolute Gasteiger partial charge is 0.496 e. The Balaban J connectivity index is 2.05. The van der Waals surface area contributed by atoms with E-state index in [2.05, 4.69) is 26.1 Å². The molecule has 0 saturated carbocycles. The minimum atomic E-state index is 0.387. The molecule has 2 aromatic carbocycles. The van der Waals surface area contributed by atoms with Crippen LogP contribution in [0.15, 0.2) is 51.5 Å². The molecule has 3 aromatic rings. The third-order valence-corrected chi connectivity index (χ3v) is 3.69. The fraction of sp³-hybridized carbons (Fsp3) is 0.0667. The molecule has 0 atom stereocenters. The van der Waals surface area contributed by atoms with Crippen LogP contribution in [0.25, 0.3) is 22.8 Å². The van der Waals surface area contributed by atoms with Gasteiger partial charge in [-0.2, -0.15) is 4.98 Å². The van der Waals surface area contributed by atoms with Crippen molar-refractivity contribution in [2.24, 2.45) is 0 Å². The van der Waals surface area contributed by atoms with Crippen molar-refractivity contribution in [2.75, 3.05) is 12.8 Å². The van der Waals surface area contributed by atoms with Crippen LogP contribution in [0, 0.1) is 0 Å². The van der Waals surface area contributed by atoms with Crippen molar-refractivity contribution in [3.05, 3.63) is 46.9 Å². The van der Waals surface area contributed by atoms with E-state index in [0.29, 0.717) is 28.7 Å². The van der Waals surface area contributed by atoms with E-state index in [9.17, 15) is 0 Å². The van der Waals surface area contributed by atoms with E-state index >= 15 is 0 Å². The maximum atomic E-state index is 5.74. The molecule has 0 bridgehead atoms. The SMILES string of the molecule is COc1cc(N)ccc1-c1nc(-c2ccccc2Br)no1. The average molecular weight is 346 g/mol. The molecular weight excluding hydrogens is 334 g/mol. The van der Waals surface area contributed by atoms with E-state index in [1.165, 1.54) is 0 Å². The second kappa shape index (κ2) is 5.57. The number of methoxy groups -OCH3 is 1. The summed E-state index contributed by atoms with van der Waals surface area (Å²) >= 11 is 3.47. The van der Waals surface area contributed by atoms with Gasteiger partial charge in [-0.3, -0.25) is 0 Å². The number of anilines is 1. The van der Waals surface area contributed by atoms with Gasteiger partial charge in [-0.05, 0) is 24.3 Å². The number of nitrogens with two attached hydrogens (primary N) is 1. The van der Waals surface area contributed by atoms with Gasteiger partial charge in [0.15, 0.2) is 0 Å². The number of nitrogen functional groups attached to an aromatic ring is 1. The molecule has 0 aliphatic carbocycles. The third kappa shape index (κ3) is 2.62. The Bertz CT molecular complexity index is 786. The molecular formula is C15H12BrN3O2. The monoisotopic (exact) mass is 345 g/mol. The standard InChI is InChI=1S/C15H12BrN3O2/c1-20-13-8-9(17)6-7-11(13)15-18-14(19-21-15)10-4-2-3-5-12(10)16/h2-8H,17H2,1H3. The maximum absolute atomic E-state index is 5.74. The summed E-state index contributed by atoms with van der Waals surface area (Å²) in [6.45, 7) is 0. The number of benzene rings is 2. The molecule has 0 radical (unpaired) electrons. The molecule has 0 fully saturated rings. The number of hydrogen-bond donors (Lipinski definition) is 1. The Labute approximate surface area is 129 Å². The van der Waals surface area contributed by atoms with Crippen molar-refractivity contribution in [2.45, 2.75) is 0 Å². The number of rotatable bonds is 3. The van der Waals surface area contributed by atoms with Crippen LogP contribution in [0.1, 0.15) is 0 Å². The molecule has 5 nitrogen and oxygen atoms in total. The van der Waals surface area contributed by atoms with Crippen LogP contribution in [0.4, 0.5) is 5.69 Å². The Hall–Kier alpha value is -2.34. The molecule has 3 rings (SSSR count). The molecule has 1 aromatic heterocycles. The second-order valence-corrected chi connectivity index (χ2v) is 5.22. The van der Waals surface area contributed by atoms with Crippen LogP contribution in [0.2, 0.25) is 0 Å². The van der Waals surface area contributed by atoms with Crippen molar-refractivity contribution >= 4 is 21.6 Å². The first-order valence-electron chi connectivity index (χ1n) is 6.21. The number of halogens is 1. The fourth-order valence-electron chi connectivity index (χ4n) is 1.97. The number of ether oxygens (including phenoxy) is 1. The summed E-state index contributed by atoms with van der Waals surface area (Å²) in [5, 5.41) is 4.02. The molecule has 1 heterocycles. The van der Waals surface area contributed by atoms with Crippen LogP contribution in [-0.2, 0) is 0 Å². The highest BCUT2D eigenvalue weighted by molar-refractivity contribution is 9.10. The lowest BCUT2D eigenvalue weighted by molar-refractivity contribution is 0.405. The molecule has 0 aliphatic heterocycles. The minimum absolute atomic E-state index is 0.387. The van der Waals surface area contributed by atoms with E-state index in [0.717, 1.165) is 10.0 Å². The molecule has 0 saturated heterocycles. The first-order chi connectivity index (χ1) is 10.2. The summed E-state index contributed by atoms with van der Waals surface area (Å²) in [6.07, 6.45) is 0. The van der Waals surface area contributed by atoms with Crippen LogP contribution < -0.4 is 10.5 Å². The zero-order valence-corrected chi connectivity index (χ0v) is 12.8.